The van der Waals surface area contributed by atoms with Crippen LogP contribution in [0.5, 0.6) is 5.75 Å². The summed E-state index contributed by atoms with van der Waals surface area (Å²) in [6.45, 7) is 7.25. The maximum absolute atomic E-state index is 12.8. The normalized spacial score (nSPS) is 18.0. The van der Waals surface area contributed by atoms with Gasteiger partial charge < -0.3 is 9.64 Å². The summed E-state index contributed by atoms with van der Waals surface area (Å²) >= 11 is 1.64. The molecular formula is C22H26N2O2S. The highest BCUT2D eigenvalue weighted by Gasteiger charge is 2.25. The second-order valence-corrected chi connectivity index (χ2v) is 8.63. The van der Waals surface area contributed by atoms with Crippen molar-refractivity contribution in [3.63, 3.8) is 0 Å². The van der Waals surface area contributed by atoms with Crippen molar-refractivity contribution in [3.8, 4) is 5.75 Å². The number of thioether (sulfide) groups is 1. The van der Waals surface area contributed by atoms with Crippen LogP contribution >= 0.6 is 11.8 Å². The topological polar surface area (TPSA) is 32.8 Å². The van der Waals surface area contributed by atoms with Crippen LogP contribution in [-0.2, 0) is 17.8 Å². The molecule has 1 atom stereocenters. The van der Waals surface area contributed by atoms with Crippen molar-refractivity contribution in [1.82, 2.24) is 9.80 Å². The molecule has 2 aromatic carbocycles. The Morgan fingerprint density at radius 2 is 1.89 bits per heavy atom. The minimum atomic E-state index is -0.0457. The van der Waals surface area contributed by atoms with E-state index in [4.69, 9.17) is 4.74 Å². The Morgan fingerprint density at radius 1 is 1.11 bits per heavy atom. The lowest BCUT2D eigenvalue weighted by Crippen LogP contribution is -2.50. The second-order valence-electron chi connectivity index (χ2n) is 7.22. The number of ether oxygens (including phenoxy) is 1. The van der Waals surface area contributed by atoms with Gasteiger partial charge in [-0.3, -0.25) is 9.69 Å². The molecule has 1 amide bonds. The van der Waals surface area contributed by atoms with Crippen LogP contribution in [0.15, 0.2) is 53.4 Å². The number of rotatable bonds is 5. The van der Waals surface area contributed by atoms with Gasteiger partial charge in [0.2, 0.25) is 5.91 Å². The molecule has 0 unspecified atom stereocenters. The number of amides is 1. The SMILES string of the molecule is C[C@@H](Sc1ccccc1)C(=O)N1CCN(Cc2ccc3c(c2)CCO3)CC1. The fourth-order valence-corrected chi connectivity index (χ4v) is 4.71. The smallest absolute Gasteiger partial charge is 0.235 e. The van der Waals surface area contributed by atoms with Gasteiger partial charge in [-0.25, -0.2) is 0 Å². The fourth-order valence-electron chi connectivity index (χ4n) is 3.73. The maximum atomic E-state index is 12.8. The molecular weight excluding hydrogens is 356 g/mol. The van der Waals surface area contributed by atoms with Crippen molar-refractivity contribution in [2.24, 2.45) is 0 Å². The summed E-state index contributed by atoms with van der Waals surface area (Å²) in [4.78, 5) is 18.4. The highest BCUT2D eigenvalue weighted by atomic mass is 32.2. The van der Waals surface area contributed by atoms with Gasteiger partial charge in [0.15, 0.2) is 0 Å². The number of carbonyl (C=O) groups is 1. The number of carbonyl (C=O) groups excluding carboxylic acids is 1. The van der Waals surface area contributed by atoms with Gasteiger partial charge in [-0.2, -0.15) is 0 Å². The number of fused-ring (bicyclic) bond motifs is 1. The summed E-state index contributed by atoms with van der Waals surface area (Å²) in [5, 5.41) is -0.0457. The third-order valence-corrected chi connectivity index (χ3v) is 6.35. The van der Waals surface area contributed by atoms with Crippen LogP contribution in [0.2, 0.25) is 0 Å². The summed E-state index contributed by atoms with van der Waals surface area (Å²) in [7, 11) is 0. The molecule has 2 aliphatic rings. The lowest BCUT2D eigenvalue weighted by atomic mass is 10.1. The van der Waals surface area contributed by atoms with Gasteiger partial charge >= 0.3 is 0 Å². The van der Waals surface area contributed by atoms with Crippen molar-refractivity contribution >= 4 is 17.7 Å². The van der Waals surface area contributed by atoms with E-state index in [9.17, 15) is 4.79 Å². The Bertz CT molecular complexity index is 788. The van der Waals surface area contributed by atoms with E-state index in [-0.39, 0.29) is 11.2 Å². The lowest BCUT2D eigenvalue weighted by Gasteiger charge is -2.36. The summed E-state index contributed by atoms with van der Waals surface area (Å²) in [5.41, 5.74) is 2.67. The van der Waals surface area contributed by atoms with Crippen molar-refractivity contribution in [3.05, 3.63) is 59.7 Å². The molecule has 0 bridgehead atoms. The molecule has 4 rings (SSSR count). The minimum absolute atomic E-state index is 0.0457. The lowest BCUT2D eigenvalue weighted by molar-refractivity contribution is -0.132. The van der Waals surface area contributed by atoms with Crippen molar-refractivity contribution in [2.75, 3.05) is 32.8 Å². The molecule has 0 aliphatic carbocycles. The number of nitrogens with zero attached hydrogens (tertiary/aromatic N) is 2. The molecule has 5 heteroatoms. The van der Waals surface area contributed by atoms with Gasteiger partial charge in [-0.1, -0.05) is 30.3 Å². The average Bonchev–Trinajstić information content (AvgIpc) is 3.16. The number of piperazine rings is 1. The van der Waals surface area contributed by atoms with E-state index < -0.39 is 0 Å². The molecule has 0 spiro atoms. The van der Waals surface area contributed by atoms with Gasteiger partial charge in [-0.05, 0) is 36.2 Å². The van der Waals surface area contributed by atoms with Crippen LogP contribution in [0, 0.1) is 0 Å². The second kappa shape index (κ2) is 8.36. The highest BCUT2D eigenvalue weighted by Crippen LogP contribution is 2.27. The van der Waals surface area contributed by atoms with Gasteiger partial charge in [0.05, 0.1) is 11.9 Å². The van der Waals surface area contributed by atoms with E-state index in [1.165, 1.54) is 11.1 Å². The van der Waals surface area contributed by atoms with Crippen molar-refractivity contribution < 1.29 is 9.53 Å². The quantitative estimate of drug-likeness (QED) is 0.742. The number of benzene rings is 2. The third-order valence-electron chi connectivity index (χ3n) is 5.25. The van der Waals surface area contributed by atoms with Gasteiger partial charge in [-0.15, -0.1) is 11.8 Å². The van der Waals surface area contributed by atoms with E-state index >= 15 is 0 Å². The molecule has 27 heavy (non-hydrogen) atoms. The van der Waals surface area contributed by atoms with E-state index in [0.29, 0.717) is 0 Å². The molecule has 2 aromatic rings. The molecule has 142 valence electrons. The Morgan fingerprint density at radius 3 is 2.67 bits per heavy atom. The van der Waals surface area contributed by atoms with E-state index in [1.807, 2.05) is 30.0 Å². The molecule has 1 fully saturated rings. The zero-order valence-electron chi connectivity index (χ0n) is 15.8. The molecule has 1 saturated heterocycles. The Labute approximate surface area is 165 Å². The Kier molecular flexibility index (Phi) is 5.69. The first kappa shape index (κ1) is 18.4. The molecule has 2 heterocycles. The monoisotopic (exact) mass is 382 g/mol. The molecule has 0 aromatic heterocycles. The first-order valence-corrected chi connectivity index (χ1v) is 10.5. The van der Waals surface area contributed by atoms with Crippen LogP contribution in [-0.4, -0.2) is 53.7 Å². The average molecular weight is 383 g/mol. The van der Waals surface area contributed by atoms with Crippen LogP contribution in [0.4, 0.5) is 0 Å². The Balaban J connectivity index is 1.27. The standard InChI is InChI=1S/C22H26N2O2S/c1-17(27-20-5-3-2-4-6-20)22(25)24-12-10-23(11-13-24)16-18-7-8-21-19(15-18)9-14-26-21/h2-8,15,17H,9-14,16H2,1H3/t17-/m1/s1. The molecule has 2 aliphatic heterocycles. The van der Waals surface area contributed by atoms with E-state index in [2.05, 4.69) is 35.2 Å². The molecule has 0 radical (unpaired) electrons. The predicted molar refractivity (Wildman–Crippen MR) is 109 cm³/mol. The van der Waals surface area contributed by atoms with Crippen LogP contribution in [0.1, 0.15) is 18.1 Å². The fraction of sp³-hybridized carbons (Fsp3) is 0.409. The summed E-state index contributed by atoms with van der Waals surface area (Å²) in [6, 6.07) is 16.7. The summed E-state index contributed by atoms with van der Waals surface area (Å²) in [6.07, 6.45) is 1.02. The van der Waals surface area contributed by atoms with E-state index in [0.717, 1.165) is 56.4 Å². The van der Waals surface area contributed by atoms with Gasteiger partial charge in [0, 0.05) is 44.0 Å². The predicted octanol–water partition coefficient (Wildman–Crippen LogP) is 3.45. The number of hydrogen-bond acceptors (Lipinski definition) is 4. The largest absolute Gasteiger partial charge is 0.493 e. The third kappa shape index (κ3) is 4.47. The van der Waals surface area contributed by atoms with Crippen LogP contribution < -0.4 is 4.74 Å². The van der Waals surface area contributed by atoms with Gasteiger partial charge in [0.1, 0.15) is 5.75 Å². The molecule has 0 saturated carbocycles. The van der Waals surface area contributed by atoms with Gasteiger partial charge in [0.25, 0.3) is 0 Å². The van der Waals surface area contributed by atoms with Crippen molar-refractivity contribution in [1.29, 1.82) is 0 Å². The van der Waals surface area contributed by atoms with E-state index in [1.54, 1.807) is 11.8 Å². The number of hydrogen-bond donors (Lipinski definition) is 0. The Hall–Kier alpha value is -1.98. The zero-order valence-corrected chi connectivity index (χ0v) is 16.6. The van der Waals surface area contributed by atoms with Crippen LogP contribution in [0.25, 0.3) is 0 Å². The van der Waals surface area contributed by atoms with Crippen molar-refractivity contribution in [2.45, 2.75) is 30.0 Å². The first-order chi connectivity index (χ1) is 13.2. The zero-order chi connectivity index (χ0) is 18.6. The minimum Gasteiger partial charge on any atom is -0.493 e. The van der Waals surface area contributed by atoms with Crippen LogP contribution in [0.3, 0.4) is 0 Å². The highest BCUT2D eigenvalue weighted by molar-refractivity contribution is 8.00. The molecule has 4 nitrogen and oxygen atoms in total. The first-order valence-electron chi connectivity index (χ1n) is 9.66. The molecule has 0 N–H and O–H groups in total. The maximum Gasteiger partial charge on any atom is 0.235 e. The summed E-state index contributed by atoms with van der Waals surface area (Å²) < 4.78 is 5.59. The summed E-state index contributed by atoms with van der Waals surface area (Å²) in [5.74, 6) is 1.29.